The predicted octanol–water partition coefficient (Wildman–Crippen LogP) is 5.18. The van der Waals surface area contributed by atoms with E-state index in [0.717, 1.165) is 41.8 Å². The summed E-state index contributed by atoms with van der Waals surface area (Å²) in [6.07, 6.45) is 15.0. The molecular weight excluding hydrogens is 304 g/mol. The van der Waals surface area contributed by atoms with E-state index < -0.39 is 0 Å². The van der Waals surface area contributed by atoms with E-state index in [0.29, 0.717) is 0 Å². The van der Waals surface area contributed by atoms with Crippen LogP contribution in [-0.2, 0) is 0 Å². The van der Waals surface area contributed by atoms with Crippen LogP contribution in [0.1, 0.15) is 85.0 Å². The van der Waals surface area contributed by atoms with Crippen LogP contribution < -0.4 is 0 Å². The van der Waals surface area contributed by atoms with Crippen LogP contribution in [0.5, 0.6) is 0 Å². The van der Waals surface area contributed by atoms with Gasteiger partial charge >= 0.3 is 0 Å². The molecule has 2 aliphatic carbocycles. The van der Waals surface area contributed by atoms with Gasteiger partial charge in [-0.15, -0.1) is 0 Å². The van der Waals surface area contributed by atoms with E-state index in [4.69, 9.17) is 0 Å². The molecule has 0 spiro atoms. The average molecular weight is 347 g/mol. The molecule has 2 nitrogen and oxygen atoms in total. The smallest absolute Gasteiger partial charge is 0.0127 e. The molecule has 144 valence electrons. The van der Waals surface area contributed by atoms with E-state index in [9.17, 15) is 0 Å². The molecule has 4 bridgehead atoms. The number of nitrogens with zero attached hydrogens (tertiary/aromatic N) is 2. The number of hydrogen-bond acceptors (Lipinski definition) is 2. The fourth-order valence-electron chi connectivity index (χ4n) is 6.94. The standard InChI is InChI=1S/C23H42N2/c1-17(2)25-12-11-19-9-10-23(25)22(14-19)13-18(3)24-15-20-5-4-6-21(16-24)8-7-20/h17-23H,4-16H2,1-3H3. The van der Waals surface area contributed by atoms with Gasteiger partial charge in [-0.05, 0) is 109 Å². The molecule has 25 heavy (non-hydrogen) atoms. The van der Waals surface area contributed by atoms with Crippen LogP contribution in [0.3, 0.4) is 0 Å². The monoisotopic (exact) mass is 346 g/mol. The quantitative estimate of drug-likeness (QED) is 0.692. The maximum atomic E-state index is 2.93. The molecule has 5 fully saturated rings. The highest BCUT2D eigenvalue weighted by Gasteiger charge is 2.40. The summed E-state index contributed by atoms with van der Waals surface area (Å²) < 4.78 is 0. The van der Waals surface area contributed by atoms with Crippen molar-refractivity contribution in [3.63, 3.8) is 0 Å². The summed E-state index contributed by atoms with van der Waals surface area (Å²) in [6, 6.07) is 2.42. The number of likely N-dealkylation sites (tertiary alicyclic amines) is 1. The number of fused-ring (bicyclic) bond motifs is 7. The highest BCUT2D eigenvalue weighted by molar-refractivity contribution is 4.94. The molecule has 5 rings (SSSR count). The lowest BCUT2D eigenvalue weighted by Gasteiger charge is -2.43. The van der Waals surface area contributed by atoms with Crippen molar-refractivity contribution in [1.29, 1.82) is 0 Å². The molecule has 3 saturated heterocycles. The number of hydrogen-bond donors (Lipinski definition) is 0. The zero-order valence-corrected chi connectivity index (χ0v) is 17.1. The van der Waals surface area contributed by atoms with Gasteiger partial charge in [-0.25, -0.2) is 0 Å². The molecule has 0 aromatic carbocycles. The molecule has 6 atom stereocenters. The molecule has 0 radical (unpaired) electrons. The zero-order valence-electron chi connectivity index (χ0n) is 17.1. The molecule has 2 heteroatoms. The first-order valence-corrected chi connectivity index (χ1v) is 11.6. The summed E-state index contributed by atoms with van der Waals surface area (Å²) in [5, 5.41) is 0. The Kier molecular flexibility index (Phi) is 5.77. The molecule has 0 N–H and O–H groups in total. The van der Waals surface area contributed by atoms with Crippen LogP contribution in [0.2, 0.25) is 0 Å². The van der Waals surface area contributed by atoms with Gasteiger partial charge in [0.05, 0.1) is 0 Å². The van der Waals surface area contributed by atoms with Crippen molar-refractivity contribution in [2.24, 2.45) is 23.7 Å². The molecule has 3 aliphatic heterocycles. The van der Waals surface area contributed by atoms with Crippen LogP contribution >= 0.6 is 0 Å². The summed E-state index contributed by atoms with van der Waals surface area (Å²) in [7, 11) is 0. The van der Waals surface area contributed by atoms with Crippen LogP contribution in [0.15, 0.2) is 0 Å². The molecule has 6 unspecified atom stereocenters. The molecule has 0 amide bonds. The lowest BCUT2D eigenvalue weighted by Crippen LogP contribution is -2.47. The maximum Gasteiger partial charge on any atom is 0.0127 e. The average Bonchev–Trinajstić information content (AvgIpc) is 3.04. The van der Waals surface area contributed by atoms with Gasteiger partial charge in [0.1, 0.15) is 0 Å². The minimum atomic E-state index is 0.734. The number of rotatable bonds is 4. The summed E-state index contributed by atoms with van der Waals surface area (Å²) >= 11 is 0. The Morgan fingerprint density at radius 3 is 2.16 bits per heavy atom. The maximum absolute atomic E-state index is 2.93. The fraction of sp³-hybridized carbons (Fsp3) is 1.00. The van der Waals surface area contributed by atoms with Crippen LogP contribution in [0.25, 0.3) is 0 Å². The van der Waals surface area contributed by atoms with Crippen molar-refractivity contribution < 1.29 is 0 Å². The predicted molar refractivity (Wildman–Crippen MR) is 107 cm³/mol. The summed E-state index contributed by atoms with van der Waals surface area (Å²) in [5.74, 6) is 4.00. The molecular formula is C23H42N2. The third kappa shape index (κ3) is 4.10. The van der Waals surface area contributed by atoms with Crippen molar-refractivity contribution in [2.75, 3.05) is 19.6 Å². The van der Waals surface area contributed by atoms with E-state index in [1.165, 1.54) is 83.8 Å². The van der Waals surface area contributed by atoms with Crippen molar-refractivity contribution in [1.82, 2.24) is 9.80 Å². The largest absolute Gasteiger partial charge is 0.300 e. The normalized spacial score (nSPS) is 41.5. The van der Waals surface area contributed by atoms with Gasteiger partial charge < -0.3 is 4.90 Å². The van der Waals surface area contributed by atoms with Gasteiger partial charge in [0.2, 0.25) is 0 Å². The Morgan fingerprint density at radius 1 is 0.800 bits per heavy atom. The first kappa shape index (κ1) is 18.3. The van der Waals surface area contributed by atoms with Gasteiger partial charge in [-0.2, -0.15) is 0 Å². The zero-order chi connectivity index (χ0) is 17.4. The molecule has 3 heterocycles. The molecule has 0 aromatic heterocycles. The Morgan fingerprint density at radius 2 is 1.48 bits per heavy atom. The van der Waals surface area contributed by atoms with Crippen molar-refractivity contribution in [3.8, 4) is 0 Å². The van der Waals surface area contributed by atoms with Gasteiger partial charge in [-0.1, -0.05) is 6.42 Å². The molecule has 2 saturated carbocycles. The van der Waals surface area contributed by atoms with Gasteiger partial charge in [-0.3, -0.25) is 4.90 Å². The molecule has 0 aromatic rings. The lowest BCUT2D eigenvalue weighted by molar-refractivity contribution is 0.0654. The third-order valence-corrected chi connectivity index (χ3v) is 8.40. The van der Waals surface area contributed by atoms with Crippen LogP contribution in [0.4, 0.5) is 0 Å². The van der Waals surface area contributed by atoms with E-state index in [1.54, 1.807) is 0 Å². The van der Waals surface area contributed by atoms with E-state index in [-0.39, 0.29) is 0 Å². The second-order valence-corrected chi connectivity index (χ2v) is 10.4. The van der Waals surface area contributed by atoms with Gasteiger partial charge in [0.25, 0.3) is 0 Å². The first-order valence-electron chi connectivity index (χ1n) is 11.6. The van der Waals surface area contributed by atoms with E-state index >= 15 is 0 Å². The molecule has 5 aliphatic rings. The van der Waals surface area contributed by atoms with Crippen molar-refractivity contribution in [2.45, 2.75) is 103 Å². The van der Waals surface area contributed by atoms with Gasteiger partial charge in [0.15, 0.2) is 0 Å². The Balaban J connectivity index is 1.42. The SMILES string of the molecule is CC(CC1CC2CCC1N(C(C)C)CC2)N1CC2CCCC(CC2)C1. The highest BCUT2D eigenvalue weighted by Crippen LogP contribution is 2.42. The summed E-state index contributed by atoms with van der Waals surface area (Å²) in [6.45, 7) is 11.6. The van der Waals surface area contributed by atoms with Crippen LogP contribution in [0, 0.1) is 23.7 Å². The summed E-state index contributed by atoms with van der Waals surface area (Å²) in [5.41, 5.74) is 0. The topological polar surface area (TPSA) is 6.48 Å². The Bertz CT molecular complexity index is 420. The summed E-state index contributed by atoms with van der Waals surface area (Å²) in [4.78, 5) is 5.81. The minimum absolute atomic E-state index is 0.734. The lowest BCUT2D eigenvalue weighted by atomic mass is 9.75. The minimum Gasteiger partial charge on any atom is -0.300 e. The van der Waals surface area contributed by atoms with Crippen LogP contribution in [-0.4, -0.2) is 47.6 Å². The van der Waals surface area contributed by atoms with E-state index in [1.807, 2.05) is 0 Å². The third-order valence-electron chi connectivity index (χ3n) is 8.40. The van der Waals surface area contributed by atoms with E-state index in [2.05, 4.69) is 30.6 Å². The fourth-order valence-corrected chi connectivity index (χ4v) is 6.94. The Hall–Kier alpha value is -0.0800. The highest BCUT2D eigenvalue weighted by atomic mass is 15.2. The Labute approximate surface area is 156 Å². The van der Waals surface area contributed by atoms with Crippen molar-refractivity contribution in [3.05, 3.63) is 0 Å². The van der Waals surface area contributed by atoms with Crippen molar-refractivity contribution >= 4 is 0 Å². The van der Waals surface area contributed by atoms with Gasteiger partial charge in [0, 0.05) is 31.2 Å². The second-order valence-electron chi connectivity index (χ2n) is 10.4. The second kappa shape index (κ2) is 7.89. The first-order chi connectivity index (χ1) is 12.1.